The number of aryl methyl sites for hydroxylation is 1. The van der Waals surface area contributed by atoms with Gasteiger partial charge in [0.15, 0.2) is 23.1 Å². The minimum absolute atomic E-state index is 0.0519. The molecule has 2 heterocycles. The first-order valence-corrected chi connectivity index (χ1v) is 15.0. The summed E-state index contributed by atoms with van der Waals surface area (Å²) in [5, 5.41) is 9.27. The summed E-state index contributed by atoms with van der Waals surface area (Å²) >= 11 is 0. The zero-order valence-electron chi connectivity index (χ0n) is 24.5. The van der Waals surface area contributed by atoms with Crippen molar-refractivity contribution in [3.63, 3.8) is 0 Å². The molecular formula is C34H35FN4O5. The number of amides is 2. The lowest BCUT2D eigenvalue weighted by Gasteiger charge is -2.26. The zero-order chi connectivity index (χ0) is 30.5. The molecule has 44 heavy (non-hydrogen) atoms. The van der Waals surface area contributed by atoms with Gasteiger partial charge in [-0.1, -0.05) is 24.3 Å². The number of carbonyl (C=O) groups is 2. The molecule has 1 aromatic heterocycles. The lowest BCUT2D eigenvalue weighted by molar-refractivity contribution is -0.136. The topological polar surface area (TPSA) is 111 Å². The Morgan fingerprint density at radius 1 is 0.955 bits per heavy atom. The van der Waals surface area contributed by atoms with E-state index in [4.69, 9.17) is 14.2 Å². The van der Waals surface area contributed by atoms with Gasteiger partial charge in [0, 0.05) is 29.4 Å². The third-order valence-electron chi connectivity index (χ3n) is 8.21. The lowest BCUT2D eigenvalue weighted by Crippen LogP contribution is -2.38. The summed E-state index contributed by atoms with van der Waals surface area (Å²) in [6.07, 6.45) is 6.31. The molecule has 1 aliphatic heterocycles. The van der Waals surface area contributed by atoms with Crippen LogP contribution in [0.5, 0.6) is 23.0 Å². The maximum absolute atomic E-state index is 15.2. The summed E-state index contributed by atoms with van der Waals surface area (Å²) in [7, 11) is 1.57. The summed E-state index contributed by atoms with van der Waals surface area (Å²) in [6.45, 7) is 2.56. The highest BCUT2D eigenvalue weighted by molar-refractivity contribution is 6.39. The van der Waals surface area contributed by atoms with Crippen LogP contribution in [0.2, 0.25) is 0 Å². The van der Waals surface area contributed by atoms with E-state index < -0.39 is 17.6 Å². The predicted molar refractivity (Wildman–Crippen MR) is 165 cm³/mol. The second-order valence-electron chi connectivity index (χ2n) is 11.2. The molecule has 1 atom stereocenters. The third-order valence-corrected chi connectivity index (χ3v) is 8.21. The van der Waals surface area contributed by atoms with Gasteiger partial charge < -0.3 is 30.2 Å². The molecule has 228 valence electrons. The maximum atomic E-state index is 15.2. The fraction of sp³-hybridized carbons (Fsp3) is 0.324. The van der Waals surface area contributed by atoms with Gasteiger partial charge in [0.1, 0.15) is 5.75 Å². The fourth-order valence-corrected chi connectivity index (χ4v) is 5.84. The van der Waals surface area contributed by atoms with E-state index >= 15 is 4.39 Å². The Morgan fingerprint density at radius 2 is 1.80 bits per heavy atom. The predicted octanol–water partition coefficient (Wildman–Crippen LogP) is 5.69. The molecule has 0 radical (unpaired) electrons. The molecule has 0 unspecified atom stereocenters. The molecule has 0 bridgehead atoms. The Bertz CT molecular complexity index is 1670. The van der Waals surface area contributed by atoms with Gasteiger partial charge in [-0.2, -0.15) is 0 Å². The number of benzene rings is 3. The van der Waals surface area contributed by atoms with Crippen molar-refractivity contribution in [2.24, 2.45) is 5.92 Å². The van der Waals surface area contributed by atoms with Crippen molar-refractivity contribution in [2.75, 3.05) is 32.1 Å². The normalized spacial score (nSPS) is 16.5. The minimum Gasteiger partial charge on any atom is -0.493 e. The molecule has 3 N–H and O–H groups in total. The van der Waals surface area contributed by atoms with Crippen molar-refractivity contribution in [1.29, 1.82) is 0 Å². The summed E-state index contributed by atoms with van der Waals surface area (Å²) < 4.78 is 32.8. The fourth-order valence-electron chi connectivity index (χ4n) is 5.84. The highest BCUT2D eigenvalue weighted by Crippen LogP contribution is 2.38. The van der Waals surface area contributed by atoms with Gasteiger partial charge in [-0.05, 0) is 86.5 Å². The van der Waals surface area contributed by atoms with E-state index in [1.807, 2.05) is 24.3 Å². The van der Waals surface area contributed by atoms with Crippen LogP contribution in [0.3, 0.4) is 0 Å². The minimum atomic E-state index is -0.869. The zero-order valence-corrected chi connectivity index (χ0v) is 24.5. The first-order valence-electron chi connectivity index (χ1n) is 15.0. The number of rotatable bonds is 8. The number of nitrogens with one attached hydrogen (secondary N) is 3. The first kappa shape index (κ1) is 29.4. The molecule has 2 amide bonds. The number of fused-ring (bicyclic) bond motifs is 2. The average molecular weight is 599 g/mol. The third kappa shape index (κ3) is 6.60. The summed E-state index contributed by atoms with van der Waals surface area (Å²) in [5.74, 6) is -0.439. The molecule has 0 spiro atoms. The number of nitrogens with zero attached hydrogens (tertiary/aromatic N) is 1. The van der Waals surface area contributed by atoms with E-state index in [1.165, 1.54) is 17.7 Å². The van der Waals surface area contributed by atoms with Crippen molar-refractivity contribution in [1.82, 2.24) is 15.6 Å². The van der Waals surface area contributed by atoms with E-state index in [0.29, 0.717) is 40.7 Å². The van der Waals surface area contributed by atoms with Crippen LogP contribution in [0.4, 0.5) is 10.1 Å². The molecule has 0 saturated carbocycles. The smallest absolute Gasteiger partial charge is 0.313 e. The van der Waals surface area contributed by atoms with E-state index in [-0.39, 0.29) is 17.5 Å². The SMILES string of the molecule is COc1cc2c(Oc3ccc(NC(=O)C(=O)N[C@H]4CCCc5ccccc54)cc3F)ccnc2cc1OCC1CCNCC1. The Morgan fingerprint density at radius 3 is 2.61 bits per heavy atom. The molecule has 4 aromatic rings. The number of aromatic nitrogens is 1. The van der Waals surface area contributed by atoms with Crippen molar-refractivity contribution in [3.05, 3.63) is 83.8 Å². The second-order valence-corrected chi connectivity index (χ2v) is 11.2. The van der Waals surface area contributed by atoms with E-state index in [1.54, 1.807) is 31.5 Å². The van der Waals surface area contributed by atoms with Crippen LogP contribution >= 0.6 is 0 Å². The quantitative estimate of drug-likeness (QED) is 0.224. The van der Waals surface area contributed by atoms with Crippen LogP contribution in [-0.4, -0.2) is 43.6 Å². The molecule has 6 rings (SSSR count). The molecule has 1 fully saturated rings. The molecule has 1 saturated heterocycles. The second kappa shape index (κ2) is 13.3. The lowest BCUT2D eigenvalue weighted by atomic mass is 9.88. The highest BCUT2D eigenvalue weighted by Gasteiger charge is 2.25. The van der Waals surface area contributed by atoms with Gasteiger partial charge in [0.25, 0.3) is 0 Å². The Hall–Kier alpha value is -4.70. The number of hydrogen-bond acceptors (Lipinski definition) is 7. The van der Waals surface area contributed by atoms with E-state index in [0.717, 1.165) is 56.8 Å². The van der Waals surface area contributed by atoms with Gasteiger partial charge in [0.05, 0.1) is 25.3 Å². The van der Waals surface area contributed by atoms with Crippen molar-refractivity contribution in [2.45, 2.75) is 38.1 Å². The molecule has 2 aliphatic rings. The Balaban J connectivity index is 1.12. The number of piperidine rings is 1. The number of anilines is 1. The average Bonchev–Trinajstić information content (AvgIpc) is 3.05. The monoisotopic (exact) mass is 598 g/mol. The molecular weight excluding hydrogens is 563 g/mol. The van der Waals surface area contributed by atoms with Crippen molar-refractivity contribution >= 4 is 28.4 Å². The van der Waals surface area contributed by atoms with Crippen molar-refractivity contribution in [3.8, 4) is 23.0 Å². The van der Waals surface area contributed by atoms with Gasteiger partial charge >= 0.3 is 11.8 Å². The highest BCUT2D eigenvalue weighted by atomic mass is 19.1. The van der Waals surface area contributed by atoms with Crippen LogP contribution in [0.25, 0.3) is 10.9 Å². The number of carbonyl (C=O) groups excluding carboxylic acids is 2. The van der Waals surface area contributed by atoms with Gasteiger partial charge in [-0.25, -0.2) is 4.39 Å². The molecule has 1 aliphatic carbocycles. The molecule has 3 aromatic carbocycles. The summed E-state index contributed by atoms with van der Waals surface area (Å²) in [5.41, 5.74) is 2.94. The summed E-state index contributed by atoms with van der Waals surface area (Å²) in [6, 6.07) is 16.9. The number of pyridine rings is 1. The Labute approximate surface area is 255 Å². The van der Waals surface area contributed by atoms with Gasteiger partial charge in [-0.3, -0.25) is 14.6 Å². The number of halogens is 1. The van der Waals surface area contributed by atoms with Gasteiger partial charge in [-0.15, -0.1) is 0 Å². The largest absolute Gasteiger partial charge is 0.493 e. The van der Waals surface area contributed by atoms with E-state index in [9.17, 15) is 9.59 Å². The van der Waals surface area contributed by atoms with Crippen LogP contribution in [0, 0.1) is 11.7 Å². The molecule has 10 heteroatoms. The van der Waals surface area contributed by atoms with Crippen molar-refractivity contribution < 1.29 is 28.2 Å². The first-order chi connectivity index (χ1) is 21.5. The van der Waals surface area contributed by atoms with Crippen LogP contribution in [0.1, 0.15) is 42.9 Å². The van der Waals surface area contributed by atoms with Crippen LogP contribution in [-0.2, 0) is 16.0 Å². The van der Waals surface area contributed by atoms with Crippen LogP contribution < -0.4 is 30.2 Å². The van der Waals surface area contributed by atoms with Gasteiger partial charge in [0.2, 0.25) is 0 Å². The Kier molecular flexibility index (Phi) is 8.88. The number of hydrogen-bond donors (Lipinski definition) is 3. The van der Waals surface area contributed by atoms with E-state index in [2.05, 4.69) is 20.9 Å². The number of ether oxygens (including phenoxy) is 3. The summed E-state index contributed by atoms with van der Waals surface area (Å²) in [4.78, 5) is 29.8. The standard InChI is InChI=1S/C34H35FN4O5/c1-42-31-18-25-28(19-32(31)43-20-21-11-14-36-15-12-21)37-16-13-29(25)44-30-10-9-23(17-26(30)35)38-33(40)34(41)39-27-8-4-6-22-5-2-3-7-24(22)27/h2-3,5,7,9-10,13,16-19,21,27,36H,4,6,8,11-12,14-15,20H2,1H3,(H,38,40)(H,39,41)/t27-/m0/s1. The van der Waals surface area contributed by atoms with Crippen LogP contribution in [0.15, 0.2) is 66.9 Å². The maximum Gasteiger partial charge on any atom is 0.313 e. The molecule has 9 nitrogen and oxygen atoms in total. The number of methoxy groups -OCH3 is 1.